The van der Waals surface area contributed by atoms with E-state index in [1.165, 1.54) is 22.9 Å². The number of hydrogen-bond acceptors (Lipinski definition) is 3. The number of aromatic carboxylic acids is 1. The van der Waals surface area contributed by atoms with Crippen molar-refractivity contribution in [3.05, 3.63) is 34.2 Å². The highest BCUT2D eigenvalue weighted by Crippen LogP contribution is 1.97. The van der Waals surface area contributed by atoms with Crippen molar-refractivity contribution in [2.24, 2.45) is 0 Å². The van der Waals surface area contributed by atoms with E-state index in [-0.39, 0.29) is 11.1 Å². The Bertz CT molecular complexity index is 439. The molecular weight excluding hydrogens is 234 g/mol. The Morgan fingerprint density at radius 3 is 2.72 bits per heavy atom. The van der Waals surface area contributed by atoms with Gasteiger partial charge in [0.05, 0.1) is 5.56 Å². The Labute approximate surface area is 106 Å². The van der Waals surface area contributed by atoms with Gasteiger partial charge < -0.3 is 14.4 Å². The lowest BCUT2D eigenvalue weighted by molar-refractivity contribution is 0.0695. The second-order valence-electron chi connectivity index (χ2n) is 4.07. The maximum atomic E-state index is 11.5. The van der Waals surface area contributed by atoms with E-state index in [0.29, 0.717) is 19.6 Å². The van der Waals surface area contributed by atoms with Crippen LogP contribution in [0, 0.1) is 0 Å². The predicted octanol–water partition coefficient (Wildman–Crippen LogP) is 1.75. The number of aromatic nitrogens is 1. The van der Waals surface area contributed by atoms with Gasteiger partial charge in [0.1, 0.15) is 0 Å². The number of carboxylic acids is 1. The quantitative estimate of drug-likeness (QED) is 0.717. The van der Waals surface area contributed by atoms with Gasteiger partial charge in [-0.15, -0.1) is 0 Å². The molecule has 0 saturated carbocycles. The summed E-state index contributed by atoms with van der Waals surface area (Å²) in [5.41, 5.74) is -0.0601. The lowest BCUT2D eigenvalue weighted by Crippen LogP contribution is -2.21. The molecule has 0 aliphatic rings. The van der Waals surface area contributed by atoms with Crippen molar-refractivity contribution in [2.75, 3.05) is 13.2 Å². The minimum Gasteiger partial charge on any atom is -0.478 e. The molecule has 1 N–H and O–H groups in total. The molecule has 0 fully saturated rings. The summed E-state index contributed by atoms with van der Waals surface area (Å²) >= 11 is 0. The fourth-order valence-corrected chi connectivity index (χ4v) is 1.52. The van der Waals surface area contributed by atoms with Gasteiger partial charge in [0.15, 0.2) is 0 Å². The Morgan fingerprint density at radius 1 is 1.33 bits per heavy atom. The molecule has 0 unspecified atom stereocenters. The van der Waals surface area contributed by atoms with Crippen LogP contribution >= 0.6 is 0 Å². The summed E-state index contributed by atoms with van der Waals surface area (Å²) in [6.07, 6.45) is 4.21. The largest absolute Gasteiger partial charge is 0.478 e. The number of nitrogens with zero attached hydrogens (tertiary/aromatic N) is 1. The van der Waals surface area contributed by atoms with Gasteiger partial charge in [-0.1, -0.05) is 13.3 Å². The molecule has 0 aromatic carbocycles. The Balaban J connectivity index is 2.44. The van der Waals surface area contributed by atoms with Crippen LogP contribution in [0.2, 0.25) is 0 Å². The zero-order valence-corrected chi connectivity index (χ0v) is 10.6. The van der Waals surface area contributed by atoms with Crippen molar-refractivity contribution < 1.29 is 14.6 Å². The smallest absolute Gasteiger partial charge is 0.337 e. The summed E-state index contributed by atoms with van der Waals surface area (Å²) in [4.78, 5) is 22.3. The van der Waals surface area contributed by atoms with Gasteiger partial charge in [0, 0.05) is 32.0 Å². The standard InChI is InChI=1S/C13H19NO4/c1-2-3-8-18-9-4-7-14-10-11(13(16)17)5-6-12(14)15/h5-6,10H,2-4,7-9H2,1H3,(H,16,17). The number of hydrogen-bond donors (Lipinski definition) is 1. The monoisotopic (exact) mass is 253 g/mol. The number of aryl methyl sites for hydroxylation is 1. The molecule has 0 aliphatic heterocycles. The van der Waals surface area contributed by atoms with Crippen LogP contribution in [0.1, 0.15) is 36.5 Å². The minimum atomic E-state index is -1.03. The van der Waals surface area contributed by atoms with E-state index < -0.39 is 5.97 Å². The molecule has 0 spiro atoms. The molecule has 0 aliphatic carbocycles. The number of carboxylic acid groups (broad SMARTS) is 1. The zero-order chi connectivity index (χ0) is 13.4. The van der Waals surface area contributed by atoms with Crippen LogP contribution in [-0.4, -0.2) is 28.9 Å². The van der Waals surface area contributed by atoms with E-state index in [4.69, 9.17) is 9.84 Å². The number of unbranched alkanes of at least 4 members (excludes halogenated alkanes) is 1. The van der Waals surface area contributed by atoms with Gasteiger partial charge in [-0.05, 0) is 18.9 Å². The third-order valence-corrected chi connectivity index (χ3v) is 2.56. The van der Waals surface area contributed by atoms with Crippen molar-refractivity contribution in [3.8, 4) is 0 Å². The molecule has 0 radical (unpaired) electrons. The van der Waals surface area contributed by atoms with Gasteiger partial charge in [-0.2, -0.15) is 0 Å². The second-order valence-corrected chi connectivity index (χ2v) is 4.07. The van der Waals surface area contributed by atoms with Crippen LogP contribution in [0.25, 0.3) is 0 Å². The van der Waals surface area contributed by atoms with Crippen molar-refractivity contribution in [2.45, 2.75) is 32.7 Å². The van der Waals surface area contributed by atoms with E-state index in [1.807, 2.05) is 0 Å². The van der Waals surface area contributed by atoms with Gasteiger partial charge in [-0.3, -0.25) is 4.79 Å². The summed E-state index contributed by atoms with van der Waals surface area (Å²) in [7, 11) is 0. The maximum Gasteiger partial charge on any atom is 0.337 e. The zero-order valence-electron chi connectivity index (χ0n) is 10.6. The lowest BCUT2D eigenvalue weighted by Gasteiger charge is -2.07. The number of ether oxygens (including phenoxy) is 1. The highest BCUT2D eigenvalue weighted by atomic mass is 16.5. The first-order valence-corrected chi connectivity index (χ1v) is 6.16. The Hall–Kier alpha value is -1.62. The molecule has 0 amide bonds. The van der Waals surface area contributed by atoms with Gasteiger partial charge in [0.25, 0.3) is 5.56 Å². The Morgan fingerprint density at radius 2 is 2.06 bits per heavy atom. The highest BCUT2D eigenvalue weighted by Gasteiger charge is 2.04. The molecule has 0 atom stereocenters. The van der Waals surface area contributed by atoms with Crippen LogP contribution in [0.3, 0.4) is 0 Å². The number of rotatable bonds is 8. The maximum absolute atomic E-state index is 11.5. The molecule has 100 valence electrons. The average Bonchev–Trinajstić information content (AvgIpc) is 2.35. The first-order valence-electron chi connectivity index (χ1n) is 6.16. The minimum absolute atomic E-state index is 0.126. The molecule has 18 heavy (non-hydrogen) atoms. The SMILES string of the molecule is CCCCOCCCn1cc(C(=O)O)ccc1=O. The highest BCUT2D eigenvalue weighted by molar-refractivity contribution is 5.87. The second kappa shape index (κ2) is 7.66. The molecule has 1 rings (SSSR count). The summed E-state index contributed by atoms with van der Waals surface area (Å²) < 4.78 is 6.79. The topological polar surface area (TPSA) is 68.5 Å². The van der Waals surface area contributed by atoms with Crippen molar-refractivity contribution in [1.82, 2.24) is 4.57 Å². The lowest BCUT2D eigenvalue weighted by atomic mass is 10.3. The van der Waals surface area contributed by atoms with Crippen LogP contribution in [0.4, 0.5) is 0 Å². The fraction of sp³-hybridized carbons (Fsp3) is 0.538. The summed E-state index contributed by atoms with van der Waals surface area (Å²) in [6.45, 7) is 3.90. The van der Waals surface area contributed by atoms with Gasteiger partial charge in [-0.25, -0.2) is 4.79 Å². The van der Waals surface area contributed by atoms with E-state index in [2.05, 4.69) is 6.92 Å². The molecule has 1 heterocycles. The van der Waals surface area contributed by atoms with Crippen molar-refractivity contribution in [3.63, 3.8) is 0 Å². The summed E-state index contributed by atoms with van der Waals surface area (Å²) in [5.74, 6) is -1.03. The number of carbonyl (C=O) groups is 1. The first-order chi connectivity index (χ1) is 8.65. The van der Waals surface area contributed by atoms with Crippen molar-refractivity contribution in [1.29, 1.82) is 0 Å². The molecule has 1 aromatic rings. The van der Waals surface area contributed by atoms with Crippen LogP contribution in [0.15, 0.2) is 23.1 Å². The first kappa shape index (κ1) is 14.4. The van der Waals surface area contributed by atoms with E-state index >= 15 is 0 Å². The average molecular weight is 253 g/mol. The summed E-state index contributed by atoms with van der Waals surface area (Å²) in [6, 6.07) is 2.60. The van der Waals surface area contributed by atoms with E-state index in [9.17, 15) is 9.59 Å². The van der Waals surface area contributed by atoms with Crippen LogP contribution in [0.5, 0.6) is 0 Å². The third-order valence-electron chi connectivity index (χ3n) is 2.56. The molecule has 0 bridgehead atoms. The van der Waals surface area contributed by atoms with Gasteiger partial charge in [0.2, 0.25) is 0 Å². The Kier molecular flexibility index (Phi) is 6.14. The van der Waals surface area contributed by atoms with E-state index in [0.717, 1.165) is 19.4 Å². The molecule has 5 heteroatoms. The fourth-order valence-electron chi connectivity index (χ4n) is 1.52. The van der Waals surface area contributed by atoms with Crippen LogP contribution < -0.4 is 5.56 Å². The molecule has 1 aromatic heterocycles. The molecule has 5 nitrogen and oxygen atoms in total. The van der Waals surface area contributed by atoms with E-state index in [1.54, 1.807) is 0 Å². The summed E-state index contributed by atoms with van der Waals surface area (Å²) in [5, 5.41) is 8.83. The predicted molar refractivity (Wildman–Crippen MR) is 68.0 cm³/mol. The van der Waals surface area contributed by atoms with Crippen LogP contribution in [-0.2, 0) is 11.3 Å². The van der Waals surface area contributed by atoms with Crippen molar-refractivity contribution >= 4 is 5.97 Å². The van der Waals surface area contributed by atoms with Gasteiger partial charge >= 0.3 is 5.97 Å². The molecular formula is C13H19NO4. The normalized spacial score (nSPS) is 10.5. The number of pyridine rings is 1. The molecule has 0 saturated heterocycles. The third kappa shape index (κ3) is 4.71.